The van der Waals surface area contributed by atoms with E-state index in [2.05, 4.69) is 10.3 Å². The second kappa shape index (κ2) is 13.8. The zero-order valence-electron chi connectivity index (χ0n) is 23.7. The molecule has 0 spiro atoms. The van der Waals surface area contributed by atoms with E-state index in [1.807, 2.05) is 43.5 Å². The summed E-state index contributed by atoms with van der Waals surface area (Å²) in [6, 6.07) is 7.20. The van der Waals surface area contributed by atoms with Gasteiger partial charge in [-0.3, -0.25) is 10.1 Å². The first-order chi connectivity index (χ1) is 19.2. The second-order valence-corrected chi connectivity index (χ2v) is 9.42. The van der Waals surface area contributed by atoms with Gasteiger partial charge in [-0.25, -0.2) is 9.59 Å². The number of hydrogen-bond donors (Lipinski definition) is 1. The van der Waals surface area contributed by atoms with Gasteiger partial charge in [0.1, 0.15) is 5.52 Å². The molecule has 0 unspecified atom stereocenters. The lowest BCUT2D eigenvalue weighted by Crippen LogP contribution is -2.08. The molecular formula is C29H36N4O7. The van der Waals surface area contributed by atoms with Crippen molar-refractivity contribution in [1.82, 2.24) is 4.57 Å². The van der Waals surface area contributed by atoms with Crippen LogP contribution in [-0.4, -0.2) is 44.6 Å². The summed E-state index contributed by atoms with van der Waals surface area (Å²) in [4.78, 5) is 45.6. The van der Waals surface area contributed by atoms with Crippen molar-refractivity contribution in [2.24, 2.45) is 17.4 Å². The zero-order chi connectivity index (χ0) is 29.4. The highest BCUT2D eigenvalue weighted by Crippen LogP contribution is 2.38. The van der Waals surface area contributed by atoms with Gasteiger partial charge >= 0.3 is 11.9 Å². The molecular weight excluding hydrogens is 516 g/mol. The number of fused-ring (bicyclic) bond motifs is 3. The van der Waals surface area contributed by atoms with Crippen LogP contribution in [0.2, 0.25) is 0 Å². The van der Waals surface area contributed by atoms with E-state index in [4.69, 9.17) is 14.8 Å². The molecule has 1 N–H and O–H groups in total. The Hall–Kier alpha value is -4.12. The van der Waals surface area contributed by atoms with Crippen LogP contribution in [0.25, 0.3) is 21.8 Å². The monoisotopic (exact) mass is 552 g/mol. The van der Waals surface area contributed by atoms with Crippen molar-refractivity contribution in [3.8, 4) is 0 Å². The summed E-state index contributed by atoms with van der Waals surface area (Å²) >= 11 is 0. The van der Waals surface area contributed by atoms with E-state index in [1.54, 1.807) is 14.0 Å². The number of hydrogen-bond acceptors (Lipinski definition) is 9. The lowest BCUT2D eigenvalue weighted by molar-refractivity contribution is -0.383. The number of oxime groups is 2. The number of nitrogens with zero attached hydrogens (tertiary/aromatic N) is 4. The van der Waals surface area contributed by atoms with E-state index in [-0.39, 0.29) is 25.1 Å². The third-order valence-electron chi connectivity index (χ3n) is 6.58. The molecule has 11 heteroatoms. The third kappa shape index (κ3) is 6.53. The molecule has 0 amide bonds. The van der Waals surface area contributed by atoms with Gasteiger partial charge in [0.05, 0.1) is 34.9 Å². The first-order valence-corrected chi connectivity index (χ1v) is 13.6. The molecule has 0 aliphatic rings. The molecule has 0 fully saturated rings. The van der Waals surface area contributed by atoms with Gasteiger partial charge in [0.25, 0.3) is 5.69 Å². The molecule has 0 saturated heterocycles. The molecule has 2 aromatic carbocycles. The van der Waals surface area contributed by atoms with E-state index in [0.717, 1.165) is 28.5 Å². The largest absolute Gasteiger partial charge is 0.396 e. The van der Waals surface area contributed by atoms with Gasteiger partial charge in [0.2, 0.25) is 0 Å². The highest BCUT2D eigenvalue weighted by Gasteiger charge is 2.24. The van der Waals surface area contributed by atoms with Crippen molar-refractivity contribution in [3.63, 3.8) is 0 Å². The number of aryl methyl sites for hydroxylation is 2. The van der Waals surface area contributed by atoms with Crippen molar-refractivity contribution in [2.75, 3.05) is 6.61 Å². The van der Waals surface area contributed by atoms with Gasteiger partial charge in [0, 0.05) is 41.4 Å². The molecule has 0 aliphatic heterocycles. The lowest BCUT2D eigenvalue weighted by Gasteiger charge is -2.10. The Labute approximate surface area is 232 Å². The summed E-state index contributed by atoms with van der Waals surface area (Å²) in [5.41, 5.74) is 4.42. The number of carbonyl (C=O) groups excluding carboxylic acids is 2. The average molecular weight is 553 g/mol. The molecule has 3 aromatic rings. The summed E-state index contributed by atoms with van der Waals surface area (Å²) < 4.78 is 1.83. The Morgan fingerprint density at radius 1 is 0.875 bits per heavy atom. The Morgan fingerprint density at radius 3 is 1.93 bits per heavy atom. The van der Waals surface area contributed by atoms with Crippen LogP contribution in [0, 0.1) is 10.1 Å². The van der Waals surface area contributed by atoms with Gasteiger partial charge in [0.15, 0.2) is 0 Å². The van der Waals surface area contributed by atoms with Crippen molar-refractivity contribution in [2.45, 2.75) is 72.6 Å². The molecule has 0 saturated carbocycles. The Morgan fingerprint density at radius 2 is 1.43 bits per heavy atom. The fourth-order valence-corrected chi connectivity index (χ4v) is 4.70. The molecule has 0 atom stereocenters. The van der Waals surface area contributed by atoms with Crippen LogP contribution in [0.5, 0.6) is 0 Å². The van der Waals surface area contributed by atoms with Gasteiger partial charge in [-0.1, -0.05) is 50.8 Å². The smallest absolute Gasteiger partial charge is 0.337 e. The zero-order valence-corrected chi connectivity index (χ0v) is 23.7. The fourth-order valence-electron chi connectivity index (χ4n) is 4.70. The fraction of sp³-hybridized carbons (Fsp3) is 0.448. The summed E-state index contributed by atoms with van der Waals surface area (Å²) in [5, 5.41) is 30.9. The van der Waals surface area contributed by atoms with Crippen LogP contribution >= 0.6 is 0 Å². The van der Waals surface area contributed by atoms with Crippen LogP contribution < -0.4 is 0 Å². The standard InChI is InChI=1S/C29H36N4O7/c1-6-10-23(30-39-26(35)9-4)19-14-18(8-3)28-21(15-19)22-16-20(17-25(33(37)38)29(22)32(28)5)24(11-7-2)31-40-27(36)12-13-34/h14-17,34H,6-13H2,1-5H3/b30-23+,31-24-. The third-order valence-corrected chi connectivity index (χ3v) is 6.58. The second-order valence-electron chi connectivity index (χ2n) is 9.42. The summed E-state index contributed by atoms with van der Waals surface area (Å²) in [7, 11) is 1.80. The van der Waals surface area contributed by atoms with E-state index in [9.17, 15) is 19.7 Å². The molecule has 0 bridgehead atoms. The first kappa shape index (κ1) is 30.4. The Kier molecular flexibility index (Phi) is 10.5. The van der Waals surface area contributed by atoms with Crippen molar-refractivity contribution >= 4 is 50.9 Å². The predicted octanol–water partition coefficient (Wildman–Crippen LogP) is 5.69. The maximum Gasteiger partial charge on any atom is 0.337 e. The molecule has 214 valence electrons. The SMILES string of the molecule is CCC/C(=N/OC(=O)CCO)c1cc([N+](=O)[O-])c2c(c1)c1cc(/C(CCC)=N/OC(=O)CC)cc(CC)c1n2C. The van der Waals surface area contributed by atoms with E-state index < -0.39 is 16.9 Å². The number of nitro groups is 1. The number of aliphatic hydroxyl groups is 1. The number of aromatic nitrogens is 1. The van der Waals surface area contributed by atoms with E-state index in [1.165, 1.54) is 6.07 Å². The summed E-state index contributed by atoms with van der Waals surface area (Å²) in [6.07, 6.45) is 3.09. The highest BCUT2D eigenvalue weighted by molar-refractivity contribution is 6.17. The van der Waals surface area contributed by atoms with E-state index in [0.29, 0.717) is 53.6 Å². The minimum atomic E-state index is -0.694. The minimum Gasteiger partial charge on any atom is -0.396 e. The Bertz CT molecular complexity index is 1490. The van der Waals surface area contributed by atoms with Crippen LogP contribution in [0.1, 0.15) is 82.9 Å². The number of non-ortho nitro benzene ring substituents is 1. The molecule has 0 aliphatic carbocycles. The average Bonchev–Trinajstić information content (AvgIpc) is 3.23. The Balaban J connectivity index is 2.35. The number of nitro benzene ring substituents is 1. The number of benzene rings is 2. The van der Waals surface area contributed by atoms with Crippen molar-refractivity contribution < 1.29 is 29.3 Å². The predicted molar refractivity (Wildman–Crippen MR) is 154 cm³/mol. The quantitative estimate of drug-likeness (QED) is 0.124. The number of aliphatic hydroxyl groups excluding tert-OH is 1. The number of rotatable bonds is 13. The van der Waals surface area contributed by atoms with Gasteiger partial charge in [-0.2, -0.15) is 0 Å². The van der Waals surface area contributed by atoms with Crippen LogP contribution in [0.15, 0.2) is 34.6 Å². The topological polar surface area (TPSA) is 146 Å². The van der Waals surface area contributed by atoms with Crippen LogP contribution in [0.3, 0.4) is 0 Å². The lowest BCUT2D eigenvalue weighted by atomic mass is 9.97. The van der Waals surface area contributed by atoms with E-state index >= 15 is 0 Å². The van der Waals surface area contributed by atoms with Gasteiger partial charge in [-0.15, -0.1) is 0 Å². The molecule has 40 heavy (non-hydrogen) atoms. The maximum absolute atomic E-state index is 12.3. The highest BCUT2D eigenvalue weighted by atomic mass is 16.7. The first-order valence-electron chi connectivity index (χ1n) is 13.6. The molecule has 0 radical (unpaired) electrons. The van der Waals surface area contributed by atoms with Crippen LogP contribution in [0.4, 0.5) is 5.69 Å². The summed E-state index contributed by atoms with van der Waals surface area (Å²) in [5.74, 6) is -1.13. The maximum atomic E-state index is 12.3. The van der Waals surface area contributed by atoms with Gasteiger partial charge in [-0.05, 0) is 43.0 Å². The molecule has 1 aromatic heterocycles. The van der Waals surface area contributed by atoms with Gasteiger partial charge < -0.3 is 19.3 Å². The summed E-state index contributed by atoms with van der Waals surface area (Å²) in [6.45, 7) is 7.27. The normalized spacial score (nSPS) is 12.2. The van der Waals surface area contributed by atoms with Crippen LogP contribution in [-0.2, 0) is 32.7 Å². The molecule has 11 nitrogen and oxygen atoms in total. The minimum absolute atomic E-state index is 0.0976. The van der Waals surface area contributed by atoms with Crippen molar-refractivity contribution in [3.05, 3.63) is 51.1 Å². The molecule has 1 heterocycles. The molecule has 3 rings (SSSR count). The number of carbonyl (C=O) groups is 2. The van der Waals surface area contributed by atoms with Crippen molar-refractivity contribution in [1.29, 1.82) is 0 Å².